The van der Waals surface area contributed by atoms with Gasteiger partial charge in [0.2, 0.25) is 11.7 Å². The van der Waals surface area contributed by atoms with Crippen LogP contribution in [0.2, 0.25) is 10.0 Å². The van der Waals surface area contributed by atoms with E-state index in [0.29, 0.717) is 21.3 Å². The molecule has 0 aliphatic rings. The van der Waals surface area contributed by atoms with Crippen LogP contribution in [0.5, 0.6) is 0 Å². The molecule has 2 rings (SSSR count). The zero-order valence-electron chi connectivity index (χ0n) is 10.3. The molecule has 0 atom stereocenters. The largest absolute Gasteiger partial charge is 0.475 e. The summed E-state index contributed by atoms with van der Waals surface area (Å²) in [7, 11) is 0. The molecule has 0 saturated heterocycles. The van der Waals surface area contributed by atoms with Gasteiger partial charge in [-0.3, -0.25) is 0 Å². The first-order chi connectivity index (χ1) is 8.88. The summed E-state index contributed by atoms with van der Waals surface area (Å²) in [4.78, 5) is 15.3. The number of nitrogens with zero attached hydrogens (tertiary/aromatic N) is 1. The summed E-state index contributed by atoms with van der Waals surface area (Å²) in [5, 5.41) is 9.97. The monoisotopic (exact) mass is 299 g/mol. The van der Waals surface area contributed by atoms with Crippen LogP contribution in [0, 0.1) is 0 Å². The number of hydrogen-bond donors (Lipinski definition) is 1. The Labute approximate surface area is 120 Å². The predicted octanol–water partition coefficient (Wildman–Crippen LogP) is 4.47. The molecule has 19 heavy (non-hydrogen) atoms. The fourth-order valence-electron chi connectivity index (χ4n) is 1.68. The molecule has 0 spiro atoms. The van der Waals surface area contributed by atoms with Crippen LogP contribution in [0.3, 0.4) is 0 Å². The lowest BCUT2D eigenvalue weighted by Gasteiger charge is -1.98. The van der Waals surface area contributed by atoms with E-state index in [1.807, 2.05) is 13.8 Å². The molecule has 6 heteroatoms. The van der Waals surface area contributed by atoms with Crippen molar-refractivity contribution >= 4 is 29.2 Å². The Morgan fingerprint density at radius 1 is 1.26 bits per heavy atom. The minimum Gasteiger partial charge on any atom is -0.475 e. The van der Waals surface area contributed by atoms with Gasteiger partial charge in [0.1, 0.15) is 0 Å². The van der Waals surface area contributed by atoms with Gasteiger partial charge in [-0.15, -0.1) is 0 Å². The second-order valence-electron chi connectivity index (χ2n) is 4.35. The fourth-order valence-corrected chi connectivity index (χ4v) is 2.20. The Bertz CT molecular complexity index is 615. The smallest absolute Gasteiger partial charge is 0.373 e. The molecule has 0 bridgehead atoms. The van der Waals surface area contributed by atoms with Crippen LogP contribution in [0.25, 0.3) is 11.5 Å². The lowest BCUT2D eigenvalue weighted by molar-refractivity contribution is 0.0661. The van der Waals surface area contributed by atoms with Gasteiger partial charge in [-0.2, -0.15) is 0 Å². The highest BCUT2D eigenvalue weighted by atomic mass is 35.5. The van der Waals surface area contributed by atoms with Gasteiger partial charge in [-0.1, -0.05) is 37.0 Å². The number of oxazole rings is 1. The number of carbonyl (C=O) groups is 1. The standard InChI is InChI=1S/C13H11Cl2NO3/c1-6(2)10-11(13(17)18)19-12(16-10)7-3-8(14)5-9(15)4-7/h3-6H,1-2H3,(H,17,18). The number of halogens is 2. The number of benzene rings is 1. The average molecular weight is 300 g/mol. The first-order valence-electron chi connectivity index (χ1n) is 5.59. The van der Waals surface area contributed by atoms with E-state index in [2.05, 4.69) is 4.98 Å². The van der Waals surface area contributed by atoms with Gasteiger partial charge < -0.3 is 9.52 Å². The second-order valence-corrected chi connectivity index (χ2v) is 5.22. The van der Waals surface area contributed by atoms with Crippen LogP contribution >= 0.6 is 23.2 Å². The topological polar surface area (TPSA) is 63.3 Å². The van der Waals surface area contributed by atoms with Crippen LogP contribution in [-0.2, 0) is 0 Å². The Morgan fingerprint density at radius 3 is 2.26 bits per heavy atom. The van der Waals surface area contributed by atoms with E-state index < -0.39 is 5.97 Å². The molecule has 0 fully saturated rings. The molecule has 0 saturated carbocycles. The van der Waals surface area contributed by atoms with Crippen LogP contribution in [0.4, 0.5) is 0 Å². The first kappa shape index (κ1) is 13.9. The molecular weight excluding hydrogens is 289 g/mol. The Balaban J connectivity index is 2.57. The van der Waals surface area contributed by atoms with Crippen molar-refractivity contribution in [2.45, 2.75) is 19.8 Å². The van der Waals surface area contributed by atoms with E-state index >= 15 is 0 Å². The summed E-state index contributed by atoms with van der Waals surface area (Å²) in [6.07, 6.45) is 0. The summed E-state index contributed by atoms with van der Waals surface area (Å²) in [6.45, 7) is 3.69. The van der Waals surface area contributed by atoms with Crippen molar-refractivity contribution in [3.05, 3.63) is 39.7 Å². The van der Waals surface area contributed by atoms with E-state index in [0.717, 1.165) is 0 Å². The molecule has 1 aromatic heterocycles. The molecule has 1 heterocycles. The van der Waals surface area contributed by atoms with E-state index in [-0.39, 0.29) is 17.6 Å². The van der Waals surface area contributed by atoms with Gasteiger partial charge in [-0.05, 0) is 24.1 Å². The van der Waals surface area contributed by atoms with E-state index in [4.69, 9.17) is 32.7 Å². The normalized spacial score (nSPS) is 11.0. The van der Waals surface area contributed by atoms with Crippen molar-refractivity contribution in [2.24, 2.45) is 0 Å². The van der Waals surface area contributed by atoms with E-state index in [9.17, 15) is 4.79 Å². The summed E-state index contributed by atoms with van der Waals surface area (Å²) in [6, 6.07) is 4.82. The Hall–Kier alpha value is -1.52. The SMILES string of the molecule is CC(C)c1nc(-c2cc(Cl)cc(Cl)c2)oc1C(=O)O. The van der Waals surface area contributed by atoms with E-state index in [1.165, 1.54) is 0 Å². The van der Waals surface area contributed by atoms with Gasteiger partial charge in [0.25, 0.3) is 0 Å². The highest BCUT2D eigenvalue weighted by Gasteiger charge is 2.22. The molecular formula is C13H11Cl2NO3. The molecule has 0 unspecified atom stereocenters. The lowest BCUT2D eigenvalue weighted by atomic mass is 10.1. The van der Waals surface area contributed by atoms with E-state index in [1.54, 1.807) is 18.2 Å². The molecule has 0 aliphatic carbocycles. The van der Waals surface area contributed by atoms with Gasteiger partial charge in [0.15, 0.2) is 0 Å². The zero-order valence-corrected chi connectivity index (χ0v) is 11.8. The van der Waals surface area contributed by atoms with Gasteiger partial charge in [0, 0.05) is 15.6 Å². The van der Waals surface area contributed by atoms with Crippen molar-refractivity contribution in [3.63, 3.8) is 0 Å². The van der Waals surface area contributed by atoms with Crippen LogP contribution in [0.15, 0.2) is 22.6 Å². The summed E-state index contributed by atoms with van der Waals surface area (Å²) in [5.74, 6) is -1.15. The van der Waals surface area contributed by atoms with Crippen molar-refractivity contribution in [2.75, 3.05) is 0 Å². The maximum Gasteiger partial charge on any atom is 0.373 e. The summed E-state index contributed by atoms with van der Waals surface area (Å²) >= 11 is 11.8. The summed E-state index contributed by atoms with van der Waals surface area (Å²) in [5.41, 5.74) is 0.950. The Kier molecular flexibility index (Phi) is 3.83. The lowest BCUT2D eigenvalue weighted by Crippen LogP contribution is -2.01. The number of carboxylic acid groups (broad SMARTS) is 1. The van der Waals surface area contributed by atoms with Gasteiger partial charge in [-0.25, -0.2) is 9.78 Å². The number of rotatable bonds is 3. The molecule has 1 aromatic carbocycles. The Morgan fingerprint density at radius 2 is 1.84 bits per heavy atom. The zero-order chi connectivity index (χ0) is 14.2. The highest BCUT2D eigenvalue weighted by molar-refractivity contribution is 6.35. The van der Waals surface area contributed by atoms with Gasteiger partial charge >= 0.3 is 5.97 Å². The fraction of sp³-hybridized carbons (Fsp3) is 0.231. The molecule has 0 amide bonds. The number of aromatic nitrogens is 1. The van der Waals surface area contributed by atoms with Crippen molar-refractivity contribution < 1.29 is 14.3 Å². The third-order valence-electron chi connectivity index (χ3n) is 2.50. The second kappa shape index (κ2) is 5.23. The molecule has 4 nitrogen and oxygen atoms in total. The predicted molar refractivity (Wildman–Crippen MR) is 73.0 cm³/mol. The molecule has 0 aliphatic heterocycles. The van der Waals surface area contributed by atoms with Crippen LogP contribution < -0.4 is 0 Å². The van der Waals surface area contributed by atoms with Crippen LogP contribution in [0.1, 0.15) is 36.0 Å². The quantitative estimate of drug-likeness (QED) is 0.908. The molecule has 100 valence electrons. The highest BCUT2D eigenvalue weighted by Crippen LogP contribution is 2.30. The maximum atomic E-state index is 11.1. The van der Waals surface area contributed by atoms with Gasteiger partial charge in [0.05, 0.1) is 5.69 Å². The summed E-state index contributed by atoms with van der Waals surface area (Å²) < 4.78 is 5.31. The maximum absolute atomic E-state index is 11.1. The third kappa shape index (κ3) is 2.91. The molecule has 2 aromatic rings. The minimum atomic E-state index is -1.14. The first-order valence-corrected chi connectivity index (χ1v) is 6.34. The average Bonchev–Trinajstić information content (AvgIpc) is 2.72. The number of hydrogen-bond acceptors (Lipinski definition) is 3. The molecule has 0 radical (unpaired) electrons. The molecule has 1 N–H and O–H groups in total. The van der Waals surface area contributed by atoms with Crippen LogP contribution in [-0.4, -0.2) is 16.1 Å². The number of aromatic carboxylic acids is 1. The number of carboxylic acids is 1. The van der Waals surface area contributed by atoms with Crippen molar-refractivity contribution in [3.8, 4) is 11.5 Å². The third-order valence-corrected chi connectivity index (χ3v) is 2.94. The van der Waals surface area contributed by atoms with Crippen molar-refractivity contribution in [1.29, 1.82) is 0 Å². The van der Waals surface area contributed by atoms with Crippen molar-refractivity contribution in [1.82, 2.24) is 4.98 Å². The minimum absolute atomic E-state index is 0.0572.